The Morgan fingerprint density at radius 3 is 1.46 bits per heavy atom. The van der Waals surface area contributed by atoms with Crippen LogP contribution >= 0.6 is 0 Å². The van der Waals surface area contributed by atoms with Crippen LogP contribution in [-0.4, -0.2) is 118 Å². The van der Waals surface area contributed by atoms with Gasteiger partial charge >= 0.3 is 52.0 Å². The molecule has 9 rings (SSSR count). The molecule has 0 heterocycles. The van der Waals surface area contributed by atoms with E-state index < -0.39 is 117 Å². The van der Waals surface area contributed by atoms with Gasteiger partial charge in [-0.05, 0) is 220 Å². The van der Waals surface area contributed by atoms with E-state index in [0.717, 1.165) is 70.6 Å². The molecule has 9 fully saturated rings. The maximum Gasteiger partial charge on any atom is 0.397 e. The van der Waals surface area contributed by atoms with Crippen molar-refractivity contribution >= 4 is 52.0 Å². The standard InChI is InChI=1S/C54H88O22S5/c1-29(35-11-13-37-32-24-46(73-78(60,61)62)42-26-47(74-79(63,64)65)49(76-81(69,70)71)28-54(42,8)40(32)16-21-51(35,37)5)9-10-34-30(2)15-19-50(34,4)20-18-43(55)31(3)36-12-14-38-33-23-45(72-77(57,58)59)41-25-44(56)48(75-80(66,67)68)27-53(41,7)39(33)17-22-52(36,38)6/h18,20,29,31-49,55-56H,2,9-17,19,21-28H2,1,3-8H3,(H,57,58,59)(H,60,61,62)(H,63,64,65)(H,66,67,68)(H,69,70,71). The molecule has 0 radical (unpaired) electrons. The Labute approximate surface area is 480 Å². The SMILES string of the molecule is C=C1CCC(C)(C=CC(O)C(C)C2CCC3C4CC(OS(=O)(=O)O)C5CC(O)C(OS(=O)(=O)O)CC5(C)C4CCC23C)C1CCC(C)C1CCC2C3CC(OS(=O)(=O)O)C4CC(OS(=O)(=O)O)C(OS(=O)(=O)O)CC4(C)C3CCC12C. The van der Waals surface area contributed by atoms with E-state index in [4.69, 9.17) is 20.9 Å². The molecule has 0 spiro atoms. The van der Waals surface area contributed by atoms with Crippen molar-refractivity contribution in [2.24, 2.45) is 104 Å². The van der Waals surface area contributed by atoms with E-state index in [1.54, 1.807) is 0 Å². The molecule has 9 aliphatic carbocycles. The van der Waals surface area contributed by atoms with Gasteiger partial charge in [0.05, 0.1) is 24.4 Å². The molecule has 25 atom stereocenters. The van der Waals surface area contributed by atoms with Gasteiger partial charge in [0, 0.05) is 0 Å². The van der Waals surface area contributed by atoms with Crippen LogP contribution in [0.5, 0.6) is 0 Å². The molecule has 0 aromatic heterocycles. The largest absolute Gasteiger partial charge is 0.397 e. The van der Waals surface area contributed by atoms with Gasteiger partial charge in [0.2, 0.25) is 0 Å². The highest BCUT2D eigenvalue weighted by molar-refractivity contribution is 7.81. The first-order chi connectivity index (χ1) is 37.1. The number of hydrogen-bond donors (Lipinski definition) is 7. The molecule has 9 aliphatic rings. The fraction of sp³-hybridized carbons (Fsp3) is 0.926. The monoisotopic (exact) mass is 1250 g/mol. The van der Waals surface area contributed by atoms with Crippen LogP contribution in [0, 0.1) is 104 Å². The number of rotatable bonds is 18. The summed E-state index contributed by atoms with van der Waals surface area (Å²) in [5.74, 6) is -0.843. The van der Waals surface area contributed by atoms with Crippen molar-refractivity contribution in [3.8, 4) is 0 Å². The summed E-state index contributed by atoms with van der Waals surface area (Å²) in [6, 6.07) is 0. The highest BCUT2D eigenvalue weighted by Gasteiger charge is 2.67. The first kappa shape index (κ1) is 64.2. The number of aliphatic hydroxyl groups excluding tert-OH is 2. The molecule has 466 valence electrons. The number of aliphatic hydroxyl groups is 2. The molecule has 0 amide bonds. The zero-order valence-electron chi connectivity index (χ0n) is 47.4. The van der Waals surface area contributed by atoms with Crippen molar-refractivity contribution in [2.75, 3.05) is 0 Å². The molecule has 9 saturated carbocycles. The van der Waals surface area contributed by atoms with Crippen molar-refractivity contribution in [3.05, 3.63) is 24.3 Å². The lowest BCUT2D eigenvalue weighted by Crippen LogP contribution is -2.62. The molecule has 81 heavy (non-hydrogen) atoms. The smallest absolute Gasteiger partial charge is 0.390 e. The van der Waals surface area contributed by atoms with Crippen LogP contribution in [0.2, 0.25) is 0 Å². The summed E-state index contributed by atoms with van der Waals surface area (Å²) in [5.41, 5.74) is -1.24. The Bertz CT molecular complexity index is 2990. The van der Waals surface area contributed by atoms with Gasteiger partial charge < -0.3 is 10.2 Å². The topological polar surface area (TPSA) is 358 Å². The van der Waals surface area contributed by atoms with E-state index in [9.17, 15) is 75.1 Å². The number of hydrogen-bond acceptors (Lipinski definition) is 17. The Morgan fingerprint density at radius 2 is 0.951 bits per heavy atom. The minimum Gasteiger partial charge on any atom is -0.390 e. The number of allylic oxidation sites excluding steroid dienone is 2. The van der Waals surface area contributed by atoms with Crippen LogP contribution in [0.3, 0.4) is 0 Å². The highest BCUT2D eigenvalue weighted by Crippen LogP contribution is 2.71. The zero-order valence-corrected chi connectivity index (χ0v) is 51.5. The quantitative estimate of drug-likeness (QED) is 0.0505. The van der Waals surface area contributed by atoms with Crippen molar-refractivity contribution in [2.45, 2.75) is 207 Å². The fourth-order valence-electron chi connectivity index (χ4n) is 21.0. The summed E-state index contributed by atoms with van der Waals surface area (Å²) < 4.78 is 196. The Morgan fingerprint density at radius 1 is 0.531 bits per heavy atom. The van der Waals surface area contributed by atoms with Crippen molar-refractivity contribution < 1.29 is 96.0 Å². The first-order valence-electron chi connectivity index (χ1n) is 29.1. The predicted molar refractivity (Wildman–Crippen MR) is 293 cm³/mol. The molecule has 0 aromatic rings. The van der Waals surface area contributed by atoms with E-state index in [1.807, 2.05) is 19.9 Å². The second-order valence-corrected chi connectivity index (χ2v) is 33.4. The average Bonchev–Trinajstić information content (AvgIpc) is 4.15. The summed E-state index contributed by atoms with van der Waals surface area (Å²) in [7, 11) is -25.1. The lowest BCUT2D eigenvalue weighted by atomic mass is 9.43. The van der Waals surface area contributed by atoms with Crippen LogP contribution < -0.4 is 0 Å². The third kappa shape index (κ3) is 12.7. The third-order valence-electron chi connectivity index (χ3n) is 24.4. The van der Waals surface area contributed by atoms with Gasteiger partial charge in [0.15, 0.2) is 0 Å². The molecule has 0 saturated heterocycles. The molecule has 25 unspecified atom stereocenters. The molecule has 0 aliphatic heterocycles. The van der Waals surface area contributed by atoms with Crippen LogP contribution in [0.25, 0.3) is 0 Å². The van der Waals surface area contributed by atoms with E-state index in [-0.39, 0.29) is 108 Å². The first-order valence-corrected chi connectivity index (χ1v) is 35.9. The van der Waals surface area contributed by atoms with Gasteiger partial charge in [-0.25, -0.2) is 20.9 Å². The Hall–Kier alpha value is -1.25. The van der Waals surface area contributed by atoms with E-state index >= 15 is 0 Å². The Kier molecular flexibility index (Phi) is 17.5. The third-order valence-corrected chi connectivity index (χ3v) is 26.8. The van der Waals surface area contributed by atoms with Crippen LogP contribution in [0.4, 0.5) is 0 Å². The summed E-state index contributed by atoms with van der Waals surface area (Å²) in [6.07, 6.45) is 5.40. The highest BCUT2D eigenvalue weighted by atomic mass is 32.3. The minimum atomic E-state index is -5.16. The molecular formula is C54H88O22S5. The second-order valence-electron chi connectivity index (χ2n) is 28.1. The lowest BCUT2D eigenvalue weighted by Gasteiger charge is -2.63. The molecule has 0 aromatic carbocycles. The molecule has 27 heteroatoms. The zero-order chi connectivity index (χ0) is 59.8. The average molecular weight is 1250 g/mol. The van der Waals surface area contributed by atoms with Gasteiger partial charge in [-0.2, -0.15) is 42.1 Å². The van der Waals surface area contributed by atoms with Crippen LogP contribution in [0.15, 0.2) is 24.3 Å². The summed E-state index contributed by atoms with van der Waals surface area (Å²) in [6.45, 7) is 19.6. The van der Waals surface area contributed by atoms with Crippen molar-refractivity contribution in [3.63, 3.8) is 0 Å². The van der Waals surface area contributed by atoms with Gasteiger partial charge in [-0.3, -0.25) is 22.8 Å². The molecule has 7 N–H and O–H groups in total. The van der Waals surface area contributed by atoms with Gasteiger partial charge in [0.1, 0.15) is 18.3 Å². The van der Waals surface area contributed by atoms with E-state index in [1.165, 1.54) is 5.57 Å². The Balaban J connectivity index is 0.867. The minimum absolute atomic E-state index is 0.0254. The van der Waals surface area contributed by atoms with Gasteiger partial charge in [-0.1, -0.05) is 72.8 Å². The summed E-state index contributed by atoms with van der Waals surface area (Å²) >= 11 is 0. The normalized spacial score (nSPS) is 46.9. The van der Waals surface area contributed by atoms with Crippen LogP contribution in [0.1, 0.15) is 164 Å². The van der Waals surface area contributed by atoms with Gasteiger partial charge in [-0.15, -0.1) is 0 Å². The molecule has 0 bridgehead atoms. The molecule has 22 nitrogen and oxygen atoms in total. The molecular weight excluding hydrogens is 1160 g/mol. The lowest BCUT2D eigenvalue weighted by molar-refractivity contribution is -0.187. The predicted octanol–water partition coefficient (Wildman–Crippen LogP) is 7.99. The van der Waals surface area contributed by atoms with Gasteiger partial charge in [0.25, 0.3) is 0 Å². The number of fused-ring (bicyclic) bond motifs is 10. The van der Waals surface area contributed by atoms with Crippen molar-refractivity contribution in [1.29, 1.82) is 0 Å². The summed E-state index contributed by atoms with van der Waals surface area (Å²) in [4.78, 5) is 0. The van der Waals surface area contributed by atoms with Crippen molar-refractivity contribution in [1.82, 2.24) is 0 Å². The fourth-order valence-corrected chi connectivity index (χ4v) is 23.6. The van der Waals surface area contributed by atoms with E-state index in [0.29, 0.717) is 18.8 Å². The van der Waals surface area contributed by atoms with Crippen LogP contribution in [-0.2, 0) is 72.9 Å². The second kappa shape index (κ2) is 22.1. The summed E-state index contributed by atoms with van der Waals surface area (Å²) in [5, 5.41) is 23.1. The maximum absolute atomic E-state index is 12.4. The van der Waals surface area contributed by atoms with E-state index in [2.05, 4.69) is 47.3 Å². The maximum atomic E-state index is 12.4.